The summed E-state index contributed by atoms with van der Waals surface area (Å²) in [5, 5.41) is 30.5. The van der Waals surface area contributed by atoms with E-state index in [-0.39, 0.29) is 18.4 Å². The number of aliphatic hydroxyl groups is 2. The molecular weight excluding hydrogens is 348 g/mol. The zero-order valence-corrected chi connectivity index (χ0v) is 15.0. The third kappa shape index (κ3) is 5.50. The number of piperidine rings is 1. The topological polar surface area (TPSA) is 96.1 Å². The van der Waals surface area contributed by atoms with Gasteiger partial charge in [0, 0.05) is 25.2 Å². The van der Waals surface area contributed by atoms with E-state index in [0.29, 0.717) is 18.8 Å². The molecule has 7 nitrogen and oxygen atoms in total. The molecule has 2 N–H and O–H groups in total. The van der Waals surface area contributed by atoms with Crippen LogP contribution in [0.2, 0.25) is 0 Å². The third-order valence-corrected chi connectivity index (χ3v) is 4.66. The quantitative estimate of drug-likeness (QED) is 0.573. The smallest absolute Gasteiger partial charge is 0.269 e. The summed E-state index contributed by atoms with van der Waals surface area (Å²) in [6, 6.07) is 13.8. The van der Waals surface area contributed by atoms with Crippen molar-refractivity contribution in [1.82, 2.24) is 4.90 Å². The fourth-order valence-corrected chi connectivity index (χ4v) is 3.26. The zero-order valence-electron chi connectivity index (χ0n) is 15.0. The predicted octanol–water partition coefficient (Wildman–Crippen LogP) is 2.46. The van der Waals surface area contributed by atoms with Gasteiger partial charge in [0.1, 0.15) is 18.5 Å². The fourth-order valence-electron chi connectivity index (χ4n) is 3.26. The van der Waals surface area contributed by atoms with Gasteiger partial charge in [-0.15, -0.1) is 0 Å². The summed E-state index contributed by atoms with van der Waals surface area (Å²) < 4.78 is 5.65. The van der Waals surface area contributed by atoms with Gasteiger partial charge < -0.3 is 14.9 Å². The highest BCUT2D eigenvalue weighted by Gasteiger charge is 2.20. The molecule has 2 aromatic carbocycles. The van der Waals surface area contributed by atoms with Crippen LogP contribution in [0.3, 0.4) is 0 Å². The van der Waals surface area contributed by atoms with Crippen LogP contribution in [0, 0.1) is 10.1 Å². The Bertz CT molecular complexity index is 748. The maximum atomic E-state index is 10.7. The third-order valence-electron chi connectivity index (χ3n) is 4.66. The number of ether oxygens (including phenoxy) is 1. The Balaban J connectivity index is 1.50. The molecule has 7 heteroatoms. The van der Waals surface area contributed by atoms with Crippen molar-refractivity contribution in [3.63, 3.8) is 0 Å². The Morgan fingerprint density at radius 1 is 1.15 bits per heavy atom. The van der Waals surface area contributed by atoms with Crippen LogP contribution in [0.25, 0.3) is 11.1 Å². The number of likely N-dealkylation sites (tertiary alicyclic amines) is 1. The second kappa shape index (κ2) is 8.94. The molecule has 3 rings (SSSR count). The Hall–Kier alpha value is -2.48. The number of rotatable bonds is 7. The van der Waals surface area contributed by atoms with Crippen molar-refractivity contribution in [1.29, 1.82) is 0 Å². The second-order valence-electron chi connectivity index (χ2n) is 6.85. The lowest BCUT2D eigenvalue weighted by atomic mass is 10.1. The predicted molar refractivity (Wildman–Crippen MR) is 102 cm³/mol. The normalized spacial score (nSPS) is 18.8. The summed E-state index contributed by atoms with van der Waals surface area (Å²) in [7, 11) is 0. The number of hydrogen-bond donors (Lipinski definition) is 2. The molecule has 2 unspecified atom stereocenters. The molecular formula is C20H24N2O5. The van der Waals surface area contributed by atoms with Gasteiger partial charge in [-0.1, -0.05) is 12.1 Å². The van der Waals surface area contributed by atoms with Crippen LogP contribution in [0.4, 0.5) is 5.69 Å². The van der Waals surface area contributed by atoms with Gasteiger partial charge in [0.2, 0.25) is 0 Å². The van der Waals surface area contributed by atoms with Gasteiger partial charge in [0.25, 0.3) is 5.69 Å². The van der Waals surface area contributed by atoms with E-state index in [0.717, 1.165) is 30.5 Å². The molecule has 1 aliphatic heterocycles. The van der Waals surface area contributed by atoms with E-state index in [9.17, 15) is 20.3 Å². The Morgan fingerprint density at radius 2 is 1.78 bits per heavy atom. The van der Waals surface area contributed by atoms with E-state index in [4.69, 9.17) is 4.74 Å². The molecule has 0 saturated carbocycles. The van der Waals surface area contributed by atoms with Crippen LogP contribution in [0.15, 0.2) is 48.5 Å². The molecule has 2 aromatic rings. The van der Waals surface area contributed by atoms with E-state index in [2.05, 4.69) is 4.90 Å². The average Bonchev–Trinajstić information content (AvgIpc) is 2.67. The Kier molecular flexibility index (Phi) is 6.39. The van der Waals surface area contributed by atoms with Crippen LogP contribution in [-0.4, -0.2) is 58.5 Å². The summed E-state index contributed by atoms with van der Waals surface area (Å²) in [4.78, 5) is 12.4. The molecule has 0 aliphatic carbocycles. The number of benzene rings is 2. The highest BCUT2D eigenvalue weighted by atomic mass is 16.6. The number of nitrogens with zero attached hydrogens (tertiary/aromatic N) is 2. The Labute approximate surface area is 158 Å². The Morgan fingerprint density at radius 3 is 2.37 bits per heavy atom. The van der Waals surface area contributed by atoms with Crippen molar-refractivity contribution in [2.24, 2.45) is 0 Å². The molecule has 1 fully saturated rings. The van der Waals surface area contributed by atoms with Crippen molar-refractivity contribution in [2.75, 3.05) is 26.2 Å². The lowest BCUT2D eigenvalue weighted by Gasteiger charge is -2.31. The molecule has 1 heterocycles. The first kappa shape index (κ1) is 19.3. The summed E-state index contributed by atoms with van der Waals surface area (Å²) in [5.74, 6) is 0.651. The summed E-state index contributed by atoms with van der Waals surface area (Å²) in [5.41, 5.74) is 1.88. The monoisotopic (exact) mass is 372 g/mol. The second-order valence-corrected chi connectivity index (χ2v) is 6.85. The van der Waals surface area contributed by atoms with E-state index in [1.165, 1.54) is 12.1 Å². The van der Waals surface area contributed by atoms with Crippen LogP contribution in [-0.2, 0) is 0 Å². The van der Waals surface area contributed by atoms with Gasteiger partial charge in [0.15, 0.2) is 0 Å². The minimum absolute atomic E-state index is 0.0638. The molecule has 2 atom stereocenters. The summed E-state index contributed by atoms with van der Waals surface area (Å²) in [6.45, 7) is 2.15. The minimum atomic E-state index is -0.621. The van der Waals surface area contributed by atoms with Gasteiger partial charge in [-0.3, -0.25) is 15.0 Å². The molecule has 0 aromatic heterocycles. The number of hydrogen-bond acceptors (Lipinski definition) is 6. The van der Waals surface area contributed by atoms with Crippen molar-refractivity contribution < 1.29 is 19.9 Å². The molecule has 0 radical (unpaired) electrons. The number of β-amino-alcohol motifs (C(OH)–C–C–N with tert-alkyl or cyclic N) is 2. The van der Waals surface area contributed by atoms with Crippen LogP contribution < -0.4 is 4.74 Å². The highest BCUT2D eigenvalue weighted by molar-refractivity contribution is 5.65. The first-order valence-electron chi connectivity index (χ1n) is 9.07. The van der Waals surface area contributed by atoms with E-state index in [1.807, 2.05) is 24.3 Å². The van der Waals surface area contributed by atoms with Gasteiger partial charge in [-0.05, 0) is 54.8 Å². The van der Waals surface area contributed by atoms with E-state index in [1.54, 1.807) is 12.1 Å². The largest absolute Gasteiger partial charge is 0.491 e. The molecule has 144 valence electrons. The number of aliphatic hydroxyl groups excluding tert-OH is 2. The lowest BCUT2D eigenvalue weighted by molar-refractivity contribution is -0.384. The summed E-state index contributed by atoms with van der Waals surface area (Å²) >= 11 is 0. The molecule has 1 saturated heterocycles. The number of nitro groups is 1. The lowest BCUT2D eigenvalue weighted by Crippen LogP contribution is -2.43. The number of non-ortho nitro benzene ring substituents is 1. The van der Waals surface area contributed by atoms with Crippen molar-refractivity contribution in [2.45, 2.75) is 25.0 Å². The van der Waals surface area contributed by atoms with Gasteiger partial charge in [-0.25, -0.2) is 0 Å². The van der Waals surface area contributed by atoms with Gasteiger partial charge in [-0.2, -0.15) is 0 Å². The molecule has 0 spiro atoms. The maximum absolute atomic E-state index is 10.7. The molecule has 27 heavy (non-hydrogen) atoms. The first-order chi connectivity index (χ1) is 13.0. The standard InChI is InChI=1S/C20H24N2O5/c23-18-2-1-11-21(12-18)13-19(24)14-27-20-9-5-16(6-10-20)15-3-7-17(8-4-15)22(25)26/h3-10,18-19,23-24H,1-2,11-14H2. The highest BCUT2D eigenvalue weighted by Crippen LogP contribution is 2.24. The fraction of sp³-hybridized carbons (Fsp3) is 0.400. The average molecular weight is 372 g/mol. The van der Waals surface area contributed by atoms with Crippen molar-refractivity contribution in [3.05, 3.63) is 58.6 Å². The maximum Gasteiger partial charge on any atom is 0.269 e. The SMILES string of the molecule is O=[N+]([O-])c1ccc(-c2ccc(OCC(O)CN3CCCC(O)C3)cc2)cc1. The first-order valence-corrected chi connectivity index (χ1v) is 9.07. The van der Waals surface area contributed by atoms with Crippen LogP contribution >= 0.6 is 0 Å². The minimum Gasteiger partial charge on any atom is -0.491 e. The number of nitro benzene ring substituents is 1. The summed E-state index contributed by atoms with van der Waals surface area (Å²) in [6.07, 6.45) is 0.840. The molecule has 1 aliphatic rings. The molecule has 0 bridgehead atoms. The van der Waals surface area contributed by atoms with Crippen molar-refractivity contribution >= 4 is 5.69 Å². The van der Waals surface area contributed by atoms with E-state index >= 15 is 0 Å². The zero-order chi connectivity index (χ0) is 19.2. The van der Waals surface area contributed by atoms with Crippen LogP contribution in [0.1, 0.15) is 12.8 Å². The molecule has 0 amide bonds. The van der Waals surface area contributed by atoms with Crippen molar-refractivity contribution in [3.8, 4) is 16.9 Å². The van der Waals surface area contributed by atoms with Crippen LogP contribution in [0.5, 0.6) is 5.75 Å². The van der Waals surface area contributed by atoms with Gasteiger partial charge in [0.05, 0.1) is 11.0 Å². The van der Waals surface area contributed by atoms with Gasteiger partial charge >= 0.3 is 0 Å². The van der Waals surface area contributed by atoms with E-state index < -0.39 is 11.0 Å².